The molecule has 1 aliphatic heterocycles. The van der Waals surface area contributed by atoms with Gasteiger partial charge in [-0.2, -0.15) is 5.26 Å². The normalized spacial score (nSPS) is 14.4. The molecule has 0 spiro atoms. The molecule has 1 aromatic heterocycles. The van der Waals surface area contributed by atoms with E-state index in [1.807, 2.05) is 13.0 Å². The van der Waals surface area contributed by atoms with Crippen LogP contribution in [0.2, 0.25) is 0 Å². The number of nitrogens with zero attached hydrogens (tertiary/aromatic N) is 5. The third kappa shape index (κ3) is 3.20. The number of hydrogen-bond acceptors (Lipinski definition) is 6. The molecule has 0 atom stereocenters. The number of anilines is 2. The second kappa shape index (κ2) is 6.67. The number of aryl methyl sites for hydroxylation is 1. The number of rotatable bonds is 3. The van der Waals surface area contributed by atoms with Gasteiger partial charge in [-0.25, -0.2) is 9.97 Å². The van der Waals surface area contributed by atoms with Crippen molar-refractivity contribution >= 4 is 17.3 Å². The maximum absolute atomic E-state index is 11.9. The predicted molar refractivity (Wildman–Crippen MR) is 92.4 cm³/mol. The molecule has 2 aromatic rings. The molecule has 2 heterocycles. The van der Waals surface area contributed by atoms with E-state index < -0.39 is 0 Å². The molecule has 122 valence electrons. The van der Waals surface area contributed by atoms with E-state index in [4.69, 9.17) is 5.26 Å². The van der Waals surface area contributed by atoms with Gasteiger partial charge in [-0.05, 0) is 38.1 Å². The van der Waals surface area contributed by atoms with Crippen LogP contribution < -0.4 is 9.80 Å². The number of piperazine rings is 1. The van der Waals surface area contributed by atoms with Crippen LogP contribution in [0.1, 0.15) is 28.7 Å². The minimum absolute atomic E-state index is 0.0170. The van der Waals surface area contributed by atoms with E-state index in [-0.39, 0.29) is 5.78 Å². The highest BCUT2D eigenvalue weighted by molar-refractivity contribution is 6.00. The monoisotopic (exact) mass is 321 g/mol. The molecule has 1 aromatic carbocycles. The molecular formula is C18H19N5O. The van der Waals surface area contributed by atoms with Crippen LogP contribution in [0.15, 0.2) is 30.5 Å². The highest BCUT2D eigenvalue weighted by atomic mass is 16.1. The van der Waals surface area contributed by atoms with Crippen LogP contribution in [0.3, 0.4) is 0 Å². The lowest BCUT2D eigenvalue weighted by atomic mass is 10.0. The van der Waals surface area contributed by atoms with Gasteiger partial charge in [0, 0.05) is 43.6 Å². The van der Waals surface area contributed by atoms with E-state index in [2.05, 4.69) is 25.8 Å². The Hall–Kier alpha value is -2.94. The fraction of sp³-hybridized carbons (Fsp3) is 0.333. The summed E-state index contributed by atoms with van der Waals surface area (Å²) >= 11 is 0. The fourth-order valence-electron chi connectivity index (χ4n) is 2.96. The topological polar surface area (TPSA) is 73.1 Å². The lowest BCUT2D eigenvalue weighted by Gasteiger charge is -2.37. The average molecular weight is 321 g/mol. The van der Waals surface area contributed by atoms with Gasteiger partial charge in [0.05, 0.1) is 11.6 Å². The first-order valence-electron chi connectivity index (χ1n) is 7.93. The fourth-order valence-corrected chi connectivity index (χ4v) is 2.96. The summed E-state index contributed by atoms with van der Waals surface area (Å²) in [4.78, 5) is 24.9. The molecular weight excluding hydrogens is 302 g/mol. The second-order valence-corrected chi connectivity index (χ2v) is 5.84. The van der Waals surface area contributed by atoms with Crippen molar-refractivity contribution in [1.82, 2.24) is 9.97 Å². The third-order valence-electron chi connectivity index (χ3n) is 4.21. The minimum Gasteiger partial charge on any atom is -0.367 e. The van der Waals surface area contributed by atoms with E-state index in [0.29, 0.717) is 11.1 Å². The summed E-state index contributed by atoms with van der Waals surface area (Å²) in [6.45, 7) is 6.61. The van der Waals surface area contributed by atoms with Gasteiger partial charge in [0.1, 0.15) is 11.6 Å². The van der Waals surface area contributed by atoms with Crippen LogP contribution in [0.5, 0.6) is 0 Å². The van der Waals surface area contributed by atoms with Crippen LogP contribution in [-0.4, -0.2) is 41.9 Å². The highest BCUT2D eigenvalue weighted by Crippen LogP contribution is 2.25. The Kier molecular flexibility index (Phi) is 4.43. The molecule has 1 saturated heterocycles. The summed E-state index contributed by atoms with van der Waals surface area (Å²) < 4.78 is 0. The zero-order valence-corrected chi connectivity index (χ0v) is 13.9. The number of ketones is 1. The van der Waals surface area contributed by atoms with E-state index in [0.717, 1.165) is 43.5 Å². The van der Waals surface area contributed by atoms with Crippen molar-refractivity contribution in [3.05, 3.63) is 47.4 Å². The summed E-state index contributed by atoms with van der Waals surface area (Å²) in [7, 11) is 0. The SMILES string of the molecule is CC(=O)c1ccc(C#N)cc1N1CCN(c2ccnc(C)n2)CC1. The number of nitriles is 1. The minimum atomic E-state index is 0.0170. The van der Waals surface area contributed by atoms with Gasteiger partial charge in [0.15, 0.2) is 5.78 Å². The van der Waals surface area contributed by atoms with Crippen LogP contribution in [-0.2, 0) is 0 Å². The van der Waals surface area contributed by atoms with Crippen LogP contribution in [0, 0.1) is 18.3 Å². The molecule has 6 heteroatoms. The first kappa shape index (κ1) is 15.9. The number of hydrogen-bond donors (Lipinski definition) is 0. The van der Waals surface area contributed by atoms with Gasteiger partial charge in [0.25, 0.3) is 0 Å². The number of benzene rings is 1. The Morgan fingerprint density at radius 3 is 2.50 bits per heavy atom. The summed E-state index contributed by atoms with van der Waals surface area (Å²) in [6, 6.07) is 9.31. The molecule has 3 rings (SSSR count). The Balaban J connectivity index is 1.80. The largest absolute Gasteiger partial charge is 0.367 e. The number of Topliss-reactive ketones (excluding diaryl/α,β-unsaturated/α-hetero) is 1. The smallest absolute Gasteiger partial charge is 0.161 e. The molecule has 0 radical (unpaired) electrons. The van der Waals surface area contributed by atoms with Crippen molar-refractivity contribution in [2.45, 2.75) is 13.8 Å². The van der Waals surface area contributed by atoms with Crippen molar-refractivity contribution in [3.63, 3.8) is 0 Å². The molecule has 24 heavy (non-hydrogen) atoms. The van der Waals surface area contributed by atoms with E-state index in [9.17, 15) is 4.79 Å². The highest BCUT2D eigenvalue weighted by Gasteiger charge is 2.21. The molecule has 0 unspecified atom stereocenters. The molecule has 1 fully saturated rings. The lowest BCUT2D eigenvalue weighted by Crippen LogP contribution is -2.47. The van der Waals surface area contributed by atoms with Crippen molar-refractivity contribution < 1.29 is 4.79 Å². The van der Waals surface area contributed by atoms with Gasteiger partial charge in [0.2, 0.25) is 0 Å². The van der Waals surface area contributed by atoms with Crippen molar-refractivity contribution in [2.75, 3.05) is 36.0 Å². The van der Waals surface area contributed by atoms with Crippen LogP contribution in [0.4, 0.5) is 11.5 Å². The van der Waals surface area contributed by atoms with E-state index in [1.165, 1.54) is 0 Å². The van der Waals surface area contributed by atoms with E-state index in [1.54, 1.807) is 31.3 Å². The third-order valence-corrected chi connectivity index (χ3v) is 4.21. The average Bonchev–Trinajstić information content (AvgIpc) is 2.61. The van der Waals surface area contributed by atoms with Gasteiger partial charge in [-0.15, -0.1) is 0 Å². The summed E-state index contributed by atoms with van der Waals surface area (Å²) in [5.74, 6) is 1.71. The van der Waals surface area contributed by atoms with Crippen molar-refractivity contribution in [1.29, 1.82) is 5.26 Å². The van der Waals surface area contributed by atoms with E-state index >= 15 is 0 Å². The molecule has 0 saturated carbocycles. The molecule has 0 aliphatic carbocycles. The second-order valence-electron chi connectivity index (χ2n) is 5.84. The summed E-state index contributed by atoms with van der Waals surface area (Å²) in [5, 5.41) is 9.13. The van der Waals surface area contributed by atoms with Gasteiger partial charge in [-0.1, -0.05) is 0 Å². The summed E-state index contributed by atoms with van der Waals surface area (Å²) in [6.07, 6.45) is 1.77. The van der Waals surface area contributed by atoms with Crippen molar-refractivity contribution in [3.8, 4) is 6.07 Å². The molecule has 1 aliphatic rings. The van der Waals surface area contributed by atoms with Gasteiger partial charge < -0.3 is 9.80 Å². The first-order chi connectivity index (χ1) is 11.6. The van der Waals surface area contributed by atoms with Crippen LogP contribution in [0.25, 0.3) is 0 Å². The maximum Gasteiger partial charge on any atom is 0.161 e. The van der Waals surface area contributed by atoms with Gasteiger partial charge in [-0.3, -0.25) is 4.79 Å². The number of aromatic nitrogens is 2. The van der Waals surface area contributed by atoms with Gasteiger partial charge >= 0.3 is 0 Å². The number of carbonyl (C=O) groups excluding carboxylic acids is 1. The summed E-state index contributed by atoms with van der Waals surface area (Å²) in [5.41, 5.74) is 2.09. The molecule has 0 N–H and O–H groups in total. The predicted octanol–water partition coefficient (Wildman–Crippen LogP) is 2.19. The molecule has 0 amide bonds. The quantitative estimate of drug-likeness (QED) is 0.807. The number of carbonyl (C=O) groups is 1. The maximum atomic E-state index is 11.9. The standard InChI is InChI=1S/C18H19N5O/c1-13(24)16-4-3-15(12-19)11-17(16)22-7-9-23(10-8-22)18-5-6-20-14(2)21-18/h3-6,11H,7-10H2,1-2H3. The van der Waals surface area contributed by atoms with Crippen molar-refractivity contribution in [2.24, 2.45) is 0 Å². The first-order valence-corrected chi connectivity index (χ1v) is 7.93. The van der Waals surface area contributed by atoms with Crippen LogP contribution >= 0.6 is 0 Å². The molecule has 6 nitrogen and oxygen atoms in total. The Morgan fingerprint density at radius 2 is 1.88 bits per heavy atom. The molecule has 0 bridgehead atoms. The Labute approximate surface area is 141 Å². The lowest BCUT2D eigenvalue weighted by molar-refractivity contribution is 0.101. The Morgan fingerprint density at radius 1 is 1.17 bits per heavy atom. The zero-order valence-electron chi connectivity index (χ0n) is 13.9. The zero-order chi connectivity index (χ0) is 17.1. The Bertz CT molecular complexity index is 803.